The molecule has 0 unspecified atom stereocenters. The number of hydrogen-bond acceptors (Lipinski definition) is 7. The van der Waals surface area contributed by atoms with Gasteiger partial charge in [0.1, 0.15) is 11.3 Å². The van der Waals surface area contributed by atoms with Crippen molar-refractivity contribution < 1.29 is 4.79 Å². The highest BCUT2D eigenvalue weighted by Crippen LogP contribution is 2.28. The second kappa shape index (κ2) is 6.91. The van der Waals surface area contributed by atoms with Gasteiger partial charge in [-0.3, -0.25) is 4.79 Å². The van der Waals surface area contributed by atoms with Gasteiger partial charge < -0.3 is 5.32 Å². The number of rotatable bonds is 5. The highest BCUT2D eigenvalue weighted by atomic mass is 32.1. The second-order valence-electron chi connectivity index (χ2n) is 5.15. The van der Waals surface area contributed by atoms with E-state index in [0.29, 0.717) is 0 Å². The van der Waals surface area contributed by atoms with E-state index in [-0.39, 0.29) is 12.3 Å². The summed E-state index contributed by atoms with van der Waals surface area (Å²) in [6.07, 6.45) is 1.76. The first-order valence-electron chi connectivity index (χ1n) is 7.39. The van der Waals surface area contributed by atoms with Gasteiger partial charge in [-0.05, 0) is 46.1 Å². The van der Waals surface area contributed by atoms with Crippen LogP contribution in [-0.2, 0) is 11.2 Å². The van der Waals surface area contributed by atoms with Crippen LogP contribution in [-0.4, -0.2) is 31.1 Å². The summed E-state index contributed by atoms with van der Waals surface area (Å²) in [4.78, 5) is 17.9. The molecule has 7 nitrogen and oxygen atoms in total. The average molecular weight is 368 g/mol. The normalized spacial score (nSPS) is 10.7. The summed E-state index contributed by atoms with van der Waals surface area (Å²) in [5.74, 6) is -0.0989. The van der Waals surface area contributed by atoms with Crippen molar-refractivity contribution in [3.05, 3.63) is 59.2 Å². The van der Waals surface area contributed by atoms with Crippen molar-refractivity contribution in [1.29, 1.82) is 0 Å². The number of anilines is 1. The third-order valence-electron chi connectivity index (χ3n) is 3.39. The first-order valence-corrected chi connectivity index (χ1v) is 9.15. The molecule has 124 valence electrons. The summed E-state index contributed by atoms with van der Waals surface area (Å²) in [5, 5.41) is 18.8. The predicted molar refractivity (Wildman–Crippen MR) is 96.9 cm³/mol. The third kappa shape index (κ3) is 3.62. The van der Waals surface area contributed by atoms with Crippen molar-refractivity contribution in [2.24, 2.45) is 0 Å². The molecule has 3 aromatic heterocycles. The van der Waals surface area contributed by atoms with Crippen LogP contribution in [0.4, 0.5) is 5.69 Å². The van der Waals surface area contributed by atoms with Gasteiger partial charge in [-0.15, -0.1) is 27.8 Å². The lowest BCUT2D eigenvalue weighted by Crippen LogP contribution is -2.14. The maximum absolute atomic E-state index is 12.2. The topological polar surface area (TPSA) is 85.6 Å². The zero-order valence-electron chi connectivity index (χ0n) is 12.9. The Balaban J connectivity index is 1.39. The number of thiophene rings is 1. The number of nitrogens with one attached hydrogen (secondary N) is 1. The Kier molecular flexibility index (Phi) is 4.32. The lowest BCUT2D eigenvalue weighted by atomic mass is 10.2. The minimum Gasteiger partial charge on any atom is -0.326 e. The monoisotopic (exact) mass is 368 g/mol. The van der Waals surface area contributed by atoms with Gasteiger partial charge in [-0.2, -0.15) is 0 Å². The molecule has 0 aliphatic heterocycles. The first kappa shape index (κ1) is 15.6. The van der Waals surface area contributed by atoms with E-state index < -0.39 is 0 Å². The molecule has 4 aromatic rings. The van der Waals surface area contributed by atoms with Crippen molar-refractivity contribution >= 4 is 34.3 Å². The molecule has 1 aromatic carbocycles. The molecule has 0 saturated heterocycles. The molecular weight excluding hydrogens is 356 g/mol. The predicted octanol–water partition coefficient (Wildman–Crippen LogP) is 3.03. The fraction of sp³-hybridized carbons (Fsp3) is 0.0625. The van der Waals surface area contributed by atoms with E-state index in [0.717, 1.165) is 27.0 Å². The number of amides is 1. The van der Waals surface area contributed by atoms with E-state index in [1.165, 1.54) is 6.33 Å². The van der Waals surface area contributed by atoms with Crippen LogP contribution in [0.3, 0.4) is 0 Å². The van der Waals surface area contributed by atoms with E-state index >= 15 is 0 Å². The number of benzene rings is 1. The smallest absolute Gasteiger partial charge is 0.230 e. The first-order chi connectivity index (χ1) is 12.3. The largest absolute Gasteiger partial charge is 0.326 e. The highest BCUT2D eigenvalue weighted by Gasteiger charge is 2.10. The van der Waals surface area contributed by atoms with E-state index in [2.05, 4.69) is 25.8 Å². The van der Waals surface area contributed by atoms with Crippen LogP contribution in [0.15, 0.2) is 53.5 Å². The SMILES string of the molecule is O=C(Cc1csc(-c2cccs2)n1)Nc1ccc(-n2cnnn2)cc1. The summed E-state index contributed by atoms with van der Waals surface area (Å²) in [7, 11) is 0. The lowest BCUT2D eigenvalue weighted by molar-refractivity contribution is -0.115. The minimum atomic E-state index is -0.0989. The van der Waals surface area contributed by atoms with Gasteiger partial charge >= 0.3 is 0 Å². The Bertz CT molecular complexity index is 961. The molecule has 0 aliphatic rings. The van der Waals surface area contributed by atoms with E-state index in [9.17, 15) is 4.79 Å². The van der Waals surface area contributed by atoms with Crippen LogP contribution in [0.1, 0.15) is 5.69 Å². The van der Waals surface area contributed by atoms with Gasteiger partial charge in [0.2, 0.25) is 5.91 Å². The quantitative estimate of drug-likeness (QED) is 0.585. The summed E-state index contributed by atoms with van der Waals surface area (Å²) in [5.41, 5.74) is 2.31. The summed E-state index contributed by atoms with van der Waals surface area (Å²) >= 11 is 3.20. The fourth-order valence-corrected chi connectivity index (χ4v) is 3.88. The van der Waals surface area contributed by atoms with Crippen LogP contribution < -0.4 is 5.32 Å². The molecule has 4 rings (SSSR count). The molecule has 0 saturated carbocycles. The molecule has 0 bridgehead atoms. The highest BCUT2D eigenvalue weighted by molar-refractivity contribution is 7.20. The Morgan fingerprint density at radius 2 is 2.04 bits per heavy atom. The van der Waals surface area contributed by atoms with Gasteiger partial charge in [-0.25, -0.2) is 9.67 Å². The third-order valence-corrected chi connectivity index (χ3v) is 5.32. The van der Waals surface area contributed by atoms with Crippen LogP contribution >= 0.6 is 22.7 Å². The fourth-order valence-electron chi connectivity index (χ4n) is 2.25. The molecular formula is C16H12N6OS2. The molecule has 1 N–H and O–H groups in total. The molecule has 3 heterocycles. The van der Waals surface area contributed by atoms with Crippen molar-refractivity contribution in [2.45, 2.75) is 6.42 Å². The summed E-state index contributed by atoms with van der Waals surface area (Å²) in [6.45, 7) is 0. The van der Waals surface area contributed by atoms with Gasteiger partial charge in [0.05, 0.1) is 22.7 Å². The molecule has 1 amide bonds. The Morgan fingerprint density at radius 1 is 1.16 bits per heavy atom. The summed E-state index contributed by atoms with van der Waals surface area (Å²) < 4.78 is 1.55. The summed E-state index contributed by atoms with van der Waals surface area (Å²) in [6, 6.07) is 11.3. The zero-order valence-corrected chi connectivity index (χ0v) is 14.5. The van der Waals surface area contributed by atoms with Crippen molar-refractivity contribution in [2.75, 3.05) is 5.32 Å². The number of tetrazole rings is 1. The van der Waals surface area contributed by atoms with Gasteiger partial charge in [0.15, 0.2) is 0 Å². The zero-order chi connectivity index (χ0) is 17.1. The van der Waals surface area contributed by atoms with Gasteiger partial charge in [-0.1, -0.05) is 6.07 Å². The van der Waals surface area contributed by atoms with Crippen molar-refractivity contribution in [3.63, 3.8) is 0 Å². The Labute approximate surface area is 151 Å². The minimum absolute atomic E-state index is 0.0989. The molecule has 25 heavy (non-hydrogen) atoms. The van der Waals surface area contributed by atoms with Crippen molar-refractivity contribution in [3.8, 4) is 15.6 Å². The maximum Gasteiger partial charge on any atom is 0.230 e. The number of aromatic nitrogens is 5. The van der Waals surface area contributed by atoms with Crippen LogP contribution in [0.2, 0.25) is 0 Å². The number of thiazole rings is 1. The van der Waals surface area contributed by atoms with Gasteiger partial charge in [0.25, 0.3) is 0 Å². The van der Waals surface area contributed by atoms with Crippen LogP contribution in [0.5, 0.6) is 0 Å². The van der Waals surface area contributed by atoms with Crippen LogP contribution in [0, 0.1) is 0 Å². The molecule has 9 heteroatoms. The van der Waals surface area contributed by atoms with Gasteiger partial charge in [0, 0.05) is 11.1 Å². The average Bonchev–Trinajstić information content (AvgIpc) is 3.37. The molecule has 0 atom stereocenters. The van der Waals surface area contributed by atoms with E-state index in [4.69, 9.17) is 0 Å². The maximum atomic E-state index is 12.2. The standard InChI is InChI=1S/C16H12N6OS2/c23-15(8-12-9-25-16(19-12)14-2-1-7-24-14)18-11-3-5-13(6-4-11)22-10-17-20-21-22/h1-7,9-10H,8H2,(H,18,23). The molecule has 0 spiro atoms. The lowest BCUT2D eigenvalue weighted by Gasteiger charge is -2.05. The number of carbonyl (C=O) groups is 1. The number of nitrogens with zero attached hydrogens (tertiary/aromatic N) is 5. The Hall–Kier alpha value is -2.91. The molecule has 0 aliphatic carbocycles. The molecule has 0 fully saturated rings. The Morgan fingerprint density at radius 3 is 2.76 bits per heavy atom. The van der Waals surface area contributed by atoms with Crippen LogP contribution in [0.25, 0.3) is 15.6 Å². The second-order valence-corrected chi connectivity index (χ2v) is 6.95. The molecule has 0 radical (unpaired) electrons. The van der Waals surface area contributed by atoms with Crippen molar-refractivity contribution in [1.82, 2.24) is 25.2 Å². The number of carbonyl (C=O) groups excluding carboxylic acids is 1. The van der Waals surface area contributed by atoms with E-state index in [1.807, 2.05) is 47.2 Å². The van der Waals surface area contributed by atoms with E-state index in [1.54, 1.807) is 27.4 Å². The number of hydrogen-bond donors (Lipinski definition) is 1.